The number of ether oxygens (including phenoxy) is 2. The predicted octanol–water partition coefficient (Wildman–Crippen LogP) is 0.915. The molecule has 0 heterocycles. The van der Waals surface area contributed by atoms with Crippen molar-refractivity contribution in [2.45, 2.75) is 6.29 Å². The molecular weight excluding hydrogens is 170 g/mol. The molecule has 1 aromatic carbocycles. The highest BCUT2D eigenvalue weighted by molar-refractivity contribution is 5.48. The molecule has 0 fully saturated rings. The average molecular weight is 183 g/mol. The van der Waals surface area contributed by atoms with Gasteiger partial charge in [-0.2, -0.15) is 0 Å². The Hall–Kier alpha value is -1.26. The van der Waals surface area contributed by atoms with Gasteiger partial charge in [-0.05, 0) is 18.2 Å². The normalized spacial score (nSPS) is 12.5. The van der Waals surface area contributed by atoms with Gasteiger partial charge >= 0.3 is 0 Å². The molecule has 0 spiro atoms. The number of hydrogen-bond donors (Lipinski definition) is 2. The maximum Gasteiger partial charge on any atom is 0.184 e. The average Bonchev–Trinajstić information content (AvgIpc) is 2.16. The third kappa shape index (κ3) is 2.11. The zero-order valence-corrected chi connectivity index (χ0v) is 7.65. The summed E-state index contributed by atoms with van der Waals surface area (Å²) in [4.78, 5) is 0. The second kappa shape index (κ2) is 4.11. The molecule has 72 valence electrons. The van der Waals surface area contributed by atoms with Gasteiger partial charge in [0.15, 0.2) is 6.29 Å². The standard InChI is InChI=1S/C9H13NO3/c1-12-8-4-3-6(10)5-7(8)9(11)13-2/h3-5,9,11H,10H2,1-2H3. The lowest BCUT2D eigenvalue weighted by atomic mass is 10.1. The Balaban J connectivity index is 3.07. The van der Waals surface area contributed by atoms with Gasteiger partial charge in [-0.25, -0.2) is 0 Å². The van der Waals surface area contributed by atoms with Crippen LogP contribution in [-0.2, 0) is 4.74 Å². The van der Waals surface area contributed by atoms with E-state index in [0.29, 0.717) is 17.0 Å². The summed E-state index contributed by atoms with van der Waals surface area (Å²) in [6.07, 6.45) is -1.00. The molecule has 0 amide bonds. The van der Waals surface area contributed by atoms with Gasteiger partial charge in [0.1, 0.15) is 5.75 Å². The largest absolute Gasteiger partial charge is 0.496 e. The van der Waals surface area contributed by atoms with Crippen LogP contribution in [0.15, 0.2) is 18.2 Å². The van der Waals surface area contributed by atoms with Crippen molar-refractivity contribution in [2.24, 2.45) is 0 Å². The highest BCUT2D eigenvalue weighted by atomic mass is 16.6. The van der Waals surface area contributed by atoms with E-state index in [1.54, 1.807) is 18.2 Å². The summed E-state index contributed by atoms with van der Waals surface area (Å²) in [7, 11) is 2.94. The summed E-state index contributed by atoms with van der Waals surface area (Å²) in [5.74, 6) is 0.559. The molecule has 1 aromatic rings. The van der Waals surface area contributed by atoms with E-state index in [0.717, 1.165) is 0 Å². The van der Waals surface area contributed by atoms with E-state index >= 15 is 0 Å². The fraction of sp³-hybridized carbons (Fsp3) is 0.333. The van der Waals surface area contributed by atoms with Crippen molar-refractivity contribution in [3.8, 4) is 5.75 Å². The molecule has 0 bridgehead atoms. The number of rotatable bonds is 3. The fourth-order valence-electron chi connectivity index (χ4n) is 1.07. The molecule has 4 nitrogen and oxygen atoms in total. The summed E-state index contributed by atoms with van der Waals surface area (Å²) in [5.41, 5.74) is 6.65. The van der Waals surface area contributed by atoms with Crippen LogP contribution in [0.1, 0.15) is 11.9 Å². The monoisotopic (exact) mass is 183 g/mol. The number of methoxy groups -OCH3 is 2. The van der Waals surface area contributed by atoms with Crippen LogP contribution < -0.4 is 10.5 Å². The molecule has 1 rings (SSSR count). The number of benzene rings is 1. The van der Waals surface area contributed by atoms with Gasteiger partial charge in [-0.1, -0.05) is 0 Å². The first-order valence-corrected chi connectivity index (χ1v) is 3.83. The quantitative estimate of drug-likeness (QED) is 0.540. The van der Waals surface area contributed by atoms with Crippen molar-refractivity contribution in [2.75, 3.05) is 20.0 Å². The molecule has 0 radical (unpaired) electrons. The third-order valence-electron chi connectivity index (χ3n) is 1.74. The van der Waals surface area contributed by atoms with Gasteiger partial charge in [-0.15, -0.1) is 0 Å². The van der Waals surface area contributed by atoms with Crippen LogP contribution in [0.2, 0.25) is 0 Å². The van der Waals surface area contributed by atoms with Crippen molar-refractivity contribution >= 4 is 5.69 Å². The summed E-state index contributed by atoms with van der Waals surface area (Å²) < 4.78 is 9.78. The van der Waals surface area contributed by atoms with Gasteiger partial charge in [0.05, 0.1) is 12.7 Å². The summed E-state index contributed by atoms with van der Waals surface area (Å²) in [6, 6.07) is 5.00. The maximum atomic E-state index is 9.41. The van der Waals surface area contributed by atoms with Crippen LogP contribution in [0.4, 0.5) is 5.69 Å². The smallest absolute Gasteiger partial charge is 0.184 e. The van der Waals surface area contributed by atoms with Crippen molar-refractivity contribution < 1.29 is 14.6 Å². The van der Waals surface area contributed by atoms with Gasteiger partial charge in [0.25, 0.3) is 0 Å². The van der Waals surface area contributed by atoms with Gasteiger partial charge in [0, 0.05) is 12.8 Å². The van der Waals surface area contributed by atoms with Crippen molar-refractivity contribution in [1.82, 2.24) is 0 Å². The lowest BCUT2D eigenvalue weighted by Crippen LogP contribution is -2.03. The summed E-state index contributed by atoms with van der Waals surface area (Å²) in [5, 5.41) is 9.41. The van der Waals surface area contributed by atoms with E-state index in [4.69, 9.17) is 15.2 Å². The number of nitrogen functional groups attached to an aromatic ring is 1. The number of anilines is 1. The molecule has 0 aliphatic carbocycles. The Morgan fingerprint density at radius 1 is 1.38 bits per heavy atom. The molecule has 0 aromatic heterocycles. The van der Waals surface area contributed by atoms with E-state index in [9.17, 15) is 5.11 Å². The molecule has 0 saturated heterocycles. The van der Waals surface area contributed by atoms with Crippen molar-refractivity contribution in [1.29, 1.82) is 0 Å². The first-order chi connectivity index (χ1) is 6.19. The number of nitrogens with two attached hydrogens (primary N) is 1. The van der Waals surface area contributed by atoms with Crippen LogP contribution >= 0.6 is 0 Å². The zero-order valence-electron chi connectivity index (χ0n) is 7.65. The molecule has 1 atom stereocenters. The Kier molecular flexibility index (Phi) is 3.11. The minimum absolute atomic E-state index is 0.532. The van der Waals surface area contributed by atoms with Crippen LogP contribution in [0.3, 0.4) is 0 Å². The summed E-state index contributed by atoms with van der Waals surface area (Å²) in [6.45, 7) is 0. The molecular formula is C9H13NO3. The Morgan fingerprint density at radius 3 is 2.62 bits per heavy atom. The van der Waals surface area contributed by atoms with Crippen molar-refractivity contribution in [3.63, 3.8) is 0 Å². The maximum absolute atomic E-state index is 9.41. The fourth-order valence-corrected chi connectivity index (χ4v) is 1.07. The second-order valence-electron chi connectivity index (χ2n) is 2.59. The Bertz CT molecular complexity index is 288. The molecule has 0 aliphatic heterocycles. The first kappa shape index (κ1) is 9.83. The topological polar surface area (TPSA) is 64.7 Å². The van der Waals surface area contributed by atoms with Gasteiger partial charge in [-0.3, -0.25) is 0 Å². The highest BCUT2D eigenvalue weighted by Gasteiger charge is 2.11. The molecule has 0 aliphatic rings. The van der Waals surface area contributed by atoms with E-state index in [2.05, 4.69) is 0 Å². The number of aliphatic hydroxyl groups excluding tert-OH is 1. The Morgan fingerprint density at radius 2 is 2.08 bits per heavy atom. The molecule has 0 saturated carbocycles. The number of aliphatic hydroxyl groups is 1. The third-order valence-corrected chi connectivity index (χ3v) is 1.74. The molecule has 4 heteroatoms. The highest BCUT2D eigenvalue weighted by Crippen LogP contribution is 2.27. The van der Waals surface area contributed by atoms with Crippen LogP contribution in [0.5, 0.6) is 5.75 Å². The predicted molar refractivity (Wildman–Crippen MR) is 49.4 cm³/mol. The SMILES string of the molecule is COc1ccc(N)cc1C(O)OC. The van der Waals surface area contributed by atoms with E-state index in [1.807, 2.05) is 0 Å². The van der Waals surface area contributed by atoms with Gasteiger partial charge < -0.3 is 20.3 Å². The number of hydrogen-bond acceptors (Lipinski definition) is 4. The lowest BCUT2D eigenvalue weighted by Gasteiger charge is -2.13. The second-order valence-corrected chi connectivity index (χ2v) is 2.59. The minimum atomic E-state index is -1.00. The lowest BCUT2D eigenvalue weighted by molar-refractivity contribution is -0.0780. The first-order valence-electron chi connectivity index (χ1n) is 3.83. The summed E-state index contributed by atoms with van der Waals surface area (Å²) >= 11 is 0. The zero-order chi connectivity index (χ0) is 9.84. The Labute approximate surface area is 76.9 Å². The van der Waals surface area contributed by atoms with E-state index < -0.39 is 6.29 Å². The van der Waals surface area contributed by atoms with Crippen molar-refractivity contribution in [3.05, 3.63) is 23.8 Å². The molecule has 1 unspecified atom stereocenters. The van der Waals surface area contributed by atoms with Crippen LogP contribution in [-0.4, -0.2) is 19.3 Å². The van der Waals surface area contributed by atoms with Crippen LogP contribution in [0.25, 0.3) is 0 Å². The van der Waals surface area contributed by atoms with E-state index in [1.165, 1.54) is 14.2 Å². The van der Waals surface area contributed by atoms with Crippen LogP contribution in [0, 0.1) is 0 Å². The molecule has 3 N–H and O–H groups in total. The minimum Gasteiger partial charge on any atom is -0.496 e. The van der Waals surface area contributed by atoms with Gasteiger partial charge in [0.2, 0.25) is 0 Å². The molecule has 13 heavy (non-hydrogen) atoms. The van der Waals surface area contributed by atoms with E-state index in [-0.39, 0.29) is 0 Å².